The number of para-hydroxylation sites is 1. The molecule has 1 heterocycles. The van der Waals surface area contributed by atoms with Crippen LogP contribution in [0.1, 0.15) is 12.5 Å². The fraction of sp³-hybridized carbons (Fsp3) is 0.200. The summed E-state index contributed by atoms with van der Waals surface area (Å²) in [4.78, 5) is 0. The Kier molecular flexibility index (Phi) is 1.42. The van der Waals surface area contributed by atoms with Crippen LogP contribution < -0.4 is 5.32 Å². The summed E-state index contributed by atoms with van der Waals surface area (Å²) in [6, 6.07) is 8.79. The third-order valence-electron chi connectivity index (χ3n) is 1.91. The summed E-state index contributed by atoms with van der Waals surface area (Å²) in [5.74, 6) is 0. The first-order chi connectivity index (χ1) is 5.36. The van der Waals surface area contributed by atoms with Crippen LogP contribution in [0.2, 0.25) is 0 Å². The van der Waals surface area contributed by atoms with Crippen LogP contribution in [-0.4, -0.2) is 6.04 Å². The van der Waals surface area contributed by atoms with E-state index in [1.165, 1.54) is 11.3 Å². The van der Waals surface area contributed by atoms with Gasteiger partial charge in [0.2, 0.25) is 0 Å². The number of rotatable bonds is 0. The Bertz CT molecular complexity index is 289. The number of hydrogen-bond donors (Lipinski definition) is 1. The van der Waals surface area contributed by atoms with Crippen LogP contribution in [0.25, 0.3) is 6.08 Å². The molecule has 0 fully saturated rings. The number of fused-ring (bicyclic) bond motifs is 1. The summed E-state index contributed by atoms with van der Waals surface area (Å²) in [6.45, 7) is 2.15. The third-order valence-corrected chi connectivity index (χ3v) is 1.91. The second-order valence-corrected chi connectivity index (χ2v) is 2.88. The van der Waals surface area contributed by atoms with Gasteiger partial charge in [-0.2, -0.15) is 0 Å². The van der Waals surface area contributed by atoms with E-state index in [4.69, 9.17) is 0 Å². The van der Waals surface area contributed by atoms with Crippen molar-refractivity contribution in [3.05, 3.63) is 35.9 Å². The minimum atomic E-state index is 0.463. The Hall–Kier alpha value is -1.24. The highest BCUT2D eigenvalue weighted by Gasteiger charge is 2.05. The lowest BCUT2D eigenvalue weighted by Crippen LogP contribution is -2.15. The lowest BCUT2D eigenvalue weighted by atomic mass is 10.1. The molecule has 1 atom stereocenters. The monoisotopic (exact) mass is 145 g/mol. The lowest BCUT2D eigenvalue weighted by molar-refractivity contribution is 0.992. The van der Waals surface area contributed by atoms with Gasteiger partial charge >= 0.3 is 0 Å². The molecule has 0 saturated heterocycles. The minimum absolute atomic E-state index is 0.463. The predicted molar refractivity (Wildman–Crippen MR) is 48.6 cm³/mol. The van der Waals surface area contributed by atoms with Crippen LogP contribution in [-0.2, 0) is 0 Å². The molecule has 1 nitrogen and oxygen atoms in total. The topological polar surface area (TPSA) is 12.0 Å². The van der Waals surface area contributed by atoms with Crippen molar-refractivity contribution in [3.8, 4) is 0 Å². The van der Waals surface area contributed by atoms with E-state index in [1.54, 1.807) is 0 Å². The van der Waals surface area contributed by atoms with Gasteiger partial charge in [-0.3, -0.25) is 0 Å². The van der Waals surface area contributed by atoms with Crippen molar-refractivity contribution in [3.63, 3.8) is 0 Å². The average molecular weight is 145 g/mol. The molecule has 11 heavy (non-hydrogen) atoms. The van der Waals surface area contributed by atoms with Gasteiger partial charge < -0.3 is 5.32 Å². The molecule has 1 N–H and O–H groups in total. The number of benzene rings is 1. The van der Waals surface area contributed by atoms with Crippen LogP contribution in [0.3, 0.4) is 0 Å². The molecule has 1 aromatic carbocycles. The van der Waals surface area contributed by atoms with E-state index in [9.17, 15) is 0 Å². The minimum Gasteiger partial charge on any atom is -0.379 e. The highest BCUT2D eigenvalue weighted by atomic mass is 14.9. The standard InChI is InChI=1S/C10H11N/c1-8-6-7-9-4-2-3-5-10(9)11-8/h2-8,11H,1H3. The van der Waals surface area contributed by atoms with E-state index in [2.05, 4.69) is 48.7 Å². The Morgan fingerprint density at radius 2 is 2.09 bits per heavy atom. The molecule has 0 aromatic heterocycles. The molecule has 1 heteroatoms. The first-order valence-corrected chi connectivity index (χ1v) is 3.90. The summed E-state index contributed by atoms with van der Waals surface area (Å²) in [5.41, 5.74) is 2.52. The molecule has 0 radical (unpaired) electrons. The SMILES string of the molecule is CC1C=Cc2ccccc2N1. The highest BCUT2D eigenvalue weighted by molar-refractivity contribution is 5.70. The van der Waals surface area contributed by atoms with Crippen molar-refractivity contribution in [2.45, 2.75) is 13.0 Å². The van der Waals surface area contributed by atoms with Crippen LogP contribution in [0, 0.1) is 0 Å². The Morgan fingerprint density at radius 3 is 3.00 bits per heavy atom. The van der Waals surface area contributed by atoms with Crippen LogP contribution in [0.15, 0.2) is 30.3 Å². The maximum absolute atomic E-state index is 3.37. The molecule has 0 bridgehead atoms. The molecule has 2 rings (SSSR count). The average Bonchev–Trinajstić information content (AvgIpc) is 2.04. The normalized spacial score (nSPS) is 20.6. The number of nitrogens with one attached hydrogen (secondary N) is 1. The predicted octanol–water partition coefficient (Wildman–Crippen LogP) is 2.51. The van der Waals surface area contributed by atoms with Gasteiger partial charge in [-0.05, 0) is 18.6 Å². The second-order valence-electron chi connectivity index (χ2n) is 2.88. The summed E-state index contributed by atoms with van der Waals surface area (Å²) < 4.78 is 0. The van der Waals surface area contributed by atoms with Crippen LogP contribution in [0.4, 0.5) is 5.69 Å². The molecule has 1 aliphatic heterocycles. The molecule has 0 spiro atoms. The van der Waals surface area contributed by atoms with Crippen molar-refractivity contribution < 1.29 is 0 Å². The van der Waals surface area contributed by atoms with Gasteiger partial charge in [0.05, 0.1) is 0 Å². The number of anilines is 1. The van der Waals surface area contributed by atoms with Gasteiger partial charge in [0.15, 0.2) is 0 Å². The van der Waals surface area contributed by atoms with Crippen molar-refractivity contribution >= 4 is 11.8 Å². The van der Waals surface area contributed by atoms with Gasteiger partial charge in [-0.25, -0.2) is 0 Å². The largest absolute Gasteiger partial charge is 0.379 e. The zero-order valence-electron chi connectivity index (χ0n) is 6.54. The number of hydrogen-bond acceptors (Lipinski definition) is 1. The molecule has 0 aliphatic carbocycles. The summed E-state index contributed by atoms with van der Waals surface area (Å²) in [5, 5.41) is 3.37. The Morgan fingerprint density at radius 1 is 1.27 bits per heavy atom. The Balaban J connectivity index is 2.46. The van der Waals surface area contributed by atoms with Crippen molar-refractivity contribution in [2.24, 2.45) is 0 Å². The molecular weight excluding hydrogens is 134 g/mol. The maximum atomic E-state index is 3.37. The fourth-order valence-corrected chi connectivity index (χ4v) is 1.32. The van der Waals surface area contributed by atoms with E-state index in [0.717, 1.165) is 0 Å². The van der Waals surface area contributed by atoms with Gasteiger partial charge in [0, 0.05) is 11.7 Å². The van der Waals surface area contributed by atoms with E-state index >= 15 is 0 Å². The van der Waals surface area contributed by atoms with E-state index in [-0.39, 0.29) is 0 Å². The molecule has 0 saturated carbocycles. The van der Waals surface area contributed by atoms with E-state index in [0.29, 0.717) is 6.04 Å². The second kappa shape index (κ2) is 2.42. The summed E-state index contributed by atoms with van der Waals surface area (Å²) in [7, 11) is 0. The zero-order valence-corrected chi connectivity index (χ0v) is 6.54. The Labute approximate surface area is 66.7 Å². The molecule has 0 amide bonds. The smallest absolute Gasteiger partial charge is 0.0419 e. The van der Waals surface area contributed by atoms with Gasteiger partial charge in [-0.1, -0.05) is 30.4 Å². The van der Waals surface area contributed by atoms with Gasteiger partial charge in [0.25, 0.3) is 0 Å². The molecule has 56 valence electrons. The first kappa shape index (κ1) is 6.47. The fourth-order valence-electron chi connectivity index (χ4n) is 1.32. The lowest BCUT2D eigenvalue weighted by Gasteiger charge is -2.18. The summed E-state index contributed by atoms with van der Waals surface area (Å²) >= 11 is 0. The van der Waals surface area contributed by atoms with Crippen molar-refractivity contribution in [2.75, 3.05) is 5.32 Å². The van der Waals surface area contributed by atoms with E-state index in [1.807, 2.05) is 0 Å². The highest BCUT2D eigenvalue weighted by Crippen LogP contribution is 2.21. The quantitative estimate of drug-likeness (QED) is 0.591. The van der Waals surface area contributed by atoms with Gasteiger partial charge in [-0.15, -0.1) is 0 Å². The van der Waals surface area contributed by atoms with Gasteiger partial charge in [0.1, 0.15) is 0 Å². The van der Waals surface area contributed by atoms with Crippen molar-refractivity contribution in [1.29, 1.82) is 0 Å². The zero-order chi connectivity index (χ0) is 7.68. The molecule has 1 aliphatic rings. The molecular formula is C10H11N. The van der Waals surface area contributed by atoms with Crippen LogP contribution in [0.5, 0.6) is 0 Å². The first-order valence-electron chi connectivity index (χ1n) is 3.90. The van der Waals surface area contributed by atoms with Crippen LogP contribution >= 0.6 is 0 Å². The van der Waals surface area contributed by atoms with E-state index < -0.39 is 0 Å². The maximum Gasteiger partial charge on any atom is 0.0419 e. The van der Waals surface area contributed by atoms with Crippen molar-refractivity contribution in [1.82, 2.24) is 0 Å². The molecule has 1 unspecified atom stereocenters. The molecule has 1 aromatic rings. The summed E-state index contributed by atoms with van der Waals surface area (Å²) in [6.07, 6.45) is 4.33. The third kappa shape index (κ3) is 1.14.